The van der Waals surface area contributed by atoms with E-state index >= 15 is 0 Å². The molecule has 6 heteroatoms. The van der Waals surface area contributed by atoms with E-state index in [1.165, 1.54) is 12.7 Å². The van der Waals surface area contributed by atoms with E-state index in [2.05, 4.69) is 0 Å². The van der Waals surface area contributed by atoms with Crippen molar-refractivity contribution in [1.29, 1.82) is 0 Å². The first-order valence-corrected chi connectivity index (χ1v) is 9.06. The molecular formula is C13H23NO4S. The van der Waals surface area contributed by atoms with Crippen LogP contribution in [0, 0.1) is 0 Å². The summed E-state index contributed by atoms with van der Waals surface area (Å²) in [6, 6.07) is 0. The molecule has 0 radical (unpaired) electrons. The Morgan fingerprint density at radius 2 is 1.95 bits per heavy atom. The van der Waals surface area contributed by atoms with Crippen LogP contribution in [0.4, 0.5) is 0 Å². The van der Waals surface area contributed by atoms with Gasteiger partial charge in [-0.05, 0) is 12.8 Å². The summed E-state index contributed by atoms with van der Waals surface area (Å²) in [6.07, 6.45) is 6.85. The predicted molar refractivity (Wildman–Crippen MR) is 72.7 cm³/mol. The average molecular weight is 289 g/mol. The third-order valence-corrected chi connectivity index (χ3v) is 5.00. The first-order valence-electron chi connectivity index (χ1n) is 7.00. The normalized spacial score (nSPS) is 23.5. The summed E-state index contributed by atoms with van der Waals surface area (Å²) in [6.45, 7) is 1.80. The van der Waals surface area contributed by atoms with Crippen molar-refractivity contribution >= 4 is 15.7 Å². The van der Waals surface area contributed by atoms with E-state index < -0.39 is 9.84 Å². The van der Waals surface area contributed by atoms with Gasteiger partial charge in [-0.3, -0.25) is 4.79 Å². The molecule has 1 aliphatic carbocycles. The number of sulfone groups is 1. The molecule has 110 valence electrons. The number of rotatable bonds is 3. The molecule has 0 aromatic rings. The molecule has 1 saturated carbocycles. The Balaban J connectivity index is 1.91. The van der Waals surface area contributed by atoms with Gasteiger partial charge in [0.15, 0.2) is 0 Å². The molecule has 0 unspecified atom stereocenters. The molecule has 0 N–H and O–H groups in total. The molecular weight excluding hydrogens is 266 g/mol. The van der Waals surface area contributed by atoms with Crippen molar-refractivity contribution in [1.82, 2.24) is 4.90 Å². The van der Waals surface area contributed by atoms with E-state index in [1.807, 2.05) is 0 Å². The Bertz CT molecular complexity index is 420. The largest absolute Gasteiger partial charge is 0.371 e. The van der Waals surface area contributed by atoms with Gasteiger partial charge in [-0.25, -0.2) is 8.42 Å². The van der Waals surface area contributed by atoms with Crippen molar-refractivity contribution in [3.8, 4) is 0 Å². The fourth-order valence-corrected chi connectivity index (χ4v) is 3.53. The zero-order valence-corrected chi connectivity index (χ0v) is 12.4. The number of hydrogen-bond donors (Lipinski definition) is 0. The van der Waals surface area contributed by atoms with Crippen LogP contribution < -0.4 is 0 Å². The summed E-state index contributed by atoms with van der Waals surface area (Å²) in [4.78, 5) is 13.9. The Hall–Kier alpha value is -0.620. The maximum atomic E-state index is 12.1. The maximum Gasteiger partial charge on any atom is 0.223 e. The molecule has 0 bridgehead atoms. The van der Waals surface area contributed by atoms with Gasteiger partial charge in [-0.15, -0.1) is 0 Å². The molecule has 2 fully saturated rings. The van der Waals surface area contributed by atoms with Crippen LogP contribution in [0.1, 0.15) is 38.5 Å². The van der Waals surface area contributed by atoms with Gasteiger partial charge in [-0.1, -0.05) is 19.3 Å². The third kappa shape index (κ3) is 4.18. The lowest BCUT2D eigenvalue weighted by molar-refractivity contribution is -0.156. The monoisotopic (exact) mass is 289 g/mol. The van der Waals surface area contributed by atoms with Gasteiger partial charge >= 0.3 is 0 Å². The zero-order chi connectivity index (χ0) is 13.9. The Labute approximate surface area is 115 Å². The minimum absolute atomic E-state index is 0.0568. The smallest absolute Gasteiger partial charge is 0.223 e. The van der Waals surface area contributed by atoms with Gasteiger partial charge in [0.25, 0.3) is 0 Å². The lowest BCUT2D eigenvalue weighted by atomic mass is 9.83. The molecule has 0 aromatic heterocycles. The number of ether oxygens (including phenoxy) is 1. The van der Waals surface area contributed by atoms with E-state index in [9.17, 15) is 13.2 Å². The number of morpholine rings is 1. The molecule has 1 amide bonds. The summed E-state index contributed by atoms with van der Waals surface area (Å²) in [7, 11) is -3.07. The molecule has 19 heavy (non-hydrogen) atoms. The molecule has 2 rings (SSSR count). The second-order valence-corrected chi connectivity index (χ2v) is 8.05. The van der Waals surface area contributed by atoms with E-state index in [0.717, 1.165) is 25.7 Å². The van der Waals surface area contributed by atoms with Gasteiger partial charge in [-0.2, -0.15) is 0 Å². The predicted octanol–water partition coefficient (Wildman–Crippen LogP) is 0.983. The minimum atomic E-state index is -3.07. The van der Waals surface area contributed by atoms with E-state index in [0.29, 0.717) is 19.7 Å². The molecule has 1 heterocycles. The molecule has 5 nitrogen and oxygen atoms in total. The number of carbonyl (C=O) groups is 1. The van der Waals surface area contributed by atoms with Crippen molar-refractivity contribution in [2.45, 2.75) is 44.1 Å². The number of amides is 1. The first-order chi connectivity index (χ1) is 8.90. The maximum absolute atomic E-state index is 12.1. The summed E-state index contributed by atoms with van der Waals surface area (Å²) in [5.41, 5.74) is -0.156. The van der Waals surface area contributed by atoms with E-state index in [-0.39, 0.29) is 23.7 Å². The second-order valence-electron chi connectivity index (χ2n) is 5.79. The highest BCUT2D eigenvalue weighted by Gasteiger charge is 2.39. The topological polar surface area (TPSA) is 63.7 Å². The lowest BCUT2D eigenvalue weighted by Gasteiger charge is -2.45. The van der Waals surface area contributed by atoms with Crippen molar-refractivity contribution in [2.75, 3.05) is 31.7 Å². The van der Waals surface area contributed by atoms with Crippen LogP contribution >= 0.6 is 0 Å². The Morgan fingerprint density at radius 3 is 2.58 bits per heavy atom. The highest BCUT2D eigenvalue weighted by molar-refractivity contribution is 7.90. The van der Waals surface area contributed by atoms with Gasteiger partial charge in [0.1, 0.15) is 9.84 Å². The third-order valence-electron chi connectivity index (χ3n) is 4.05. The Morgan fingerprint density at radius 1 is 1.26 bits per heavy atom. The number of nitrogens with zero attached hydrogens (tertiary/aromatic N) is 1. The van der Waals surface area contributed by atoms with Gasteiger partial charge in [0, 0.05) is 25.8 Å². The molecule has 2 aliphatic rings. The highest BCUT2D eigenvalue weighted by atomic mass is 32.2. The van der Waals surface area contributed by atoms with Gasteiger partial charge < -0.3 is 9.64 Å². The summed E-state index contributed by atoms with van der Waals surface area (Å²) in [5.74, 6) is -0.116. The van der Waals surface area contributed by atoms with Crippen molar-refractivity contribution < 1.29 is 17.9 Å². The molecule has 1 spiro atoms. The first kappa shape index (κ1) is 14.8. The van der Waals surface area contributed by atoms with Crippen molar-refractivity contribution in [2.24, 2.45) is 0 Å². The van der Waals surface area contributed by atoms with Crippen LogP contribution in [0.2, 0.25) is 0 Å². The van der Waals surface area contributed by atoms with Crippen LogP contribution in [0.5, 0.6) is 0 Å². The van der Waals surface area contributed by atoms with Crippen LogP contribution in [0.15, 0.2) is 0 Å². The fraction of sp³-hybridized carbons (Fsp3) is 0.923. The van der Waals surface area contributed by atoms with Gasteiger partial charge in [0.05, 0.1) is 18.0 Å². The fourth-order valence-electron chi connectivity index (χ4n) is 2.99. The average Bonchev–Trinajstić information content (AvgIpc) is 2.36. The summed E-state index contributed by atoms with van der Waals surface area (Å²) in [5, 5.41) is 0. The lowest BCUT2D eigenvalue weighted by Crippen LogP contribution is -2.54. The molecule has 1 saturated heterocycles. The van der Waals surface area contributed by atoms with Gasteiger partial charge in [0.2, 0.25) is 5.91 Å². The number of carbonyl (C=O) groups excluding carboxylic acids is 1. The van der Waals surface area contributed by atoms with Crippen LogP contribution in [0.25, 0.3) is 0 Å². The van der Waals surface area contributed by atoms with E-state index in [1.54, 1.807) is 4.90 Å². The number of hydrogen-bond acceptors (Lipinski definition) is 4. The zero-order valence-electron chi connectivity index (χ0n) is 11.6. The standard InChI is InChI=1S/C13H23NO4S/c1-19(16,17)10-5-12(15)14-8-9-18-13(11-14)6-3-2-4-7-13/h2-11H2,1H3. The van der Waals surface area contributed by atoms with Crippen molar-refractivity contribution in [3.05, 3.63) is 0 Å². The van der Waals surface area contributed by atoms with Crippen LogP contribution in [-0.2, 0) is 19.4 Å². The molecule has 0 aromatic carbocycles. The summed E-state index contributed by atoms with van der Waals surface area (Å²) >= 11 is 0. The van der Waals surface area contributed by atoms with E-state index in [4.69, 9.17) is 4.74 Å². The molecule has 0 atom stereocenters. The summed E-state index contributed by atoms with van der Waals surface area (Å²) < 4.78 is 28.2. The Kier molecular flexibility index (Phi) is 4.50. The van der Waals surface area contributed by atoms with Crippen LogP contribution in [-0.4, -0.2) is 56.5 Å². The highest BCUT2D eigenvalue weighted by Crippen LogP contribution is 2.34. The van der Waals surface area contributed by atoms with Crippen molar-refractivity contribution in [3.63, 3.8) is 0 Å². The molecule has 1 aliphatic heterocycles. The second kappa shape index (κ2) is 5.79. The SMILES string of the molecule is CS(=O)(=O)CCC(=O)N1CCOC2(CCCCC2)C1. The quantitative estimate of drug-likeness (QED) is 0.777. The minimum Gasteiger partial charge on any atom is -0.371 e. The van der Waals surface area contributed by atoms with Crippen LogP contribution in [0.3, 0.4) is 0 Å².